The number of hydrogen-bond acceptors (Lipinski definition) is 3. The van der Waals surface area contributed by atoms with Gasteiger partial charge in [-0.25, -0.2) is 0 Å². The van der Waals surface area contributed by atoms with Crippen molar-refractivity contribution >= 4 is 0 Å². The van der Waals surface area contributed by atoms with Gasteiger partial charge in [0.2, 0.25) is 6.29 Å². The van der Waals surface area contributed by atoms with Gasteiger partial charge in [-0.15, -0.1) is 0 Å². The second kappa shape index (κ2) is 2.01. The summed E-state index contributed by atoms with van der Waals surface area (Å²) in [6, 6.07) is 0. The average Bonchev–Trinajstić information content (AvgIpc) is 1.98. The molecule has 2 atom stereocenters. The van der Waals surface area contributed by atoms with Gasteiger partial charge in [-0.1, -0.05) is 0 Å². The quantitative estimate of drug-likeness (QED) is 0.503. The van der Waals surface area contributed by atoms with Crippen LogP contribution in [-0.2, 0) is 4.74 Å². The Labute approximate surface area is 53.6 Å². The molecule has 0 aliphatic carbocycles. The Bertz CT molecular complexity index is 134. The van der Waals surface area contributed by atoms with E-state index in [0.29, 0.717) is 5.57 Å². The number of aliphatic hydroxyl groups is 2. The van der Waals surface area contributed by atoms with Gasteiger partial charge in [-0.3, -0.25) is 0 Å². The van der Waals surface area contributed by atoms with Gasteiger partial charge in [0.1, 0.15) is 5.76 Å². The standard InChI is InChI=1S/C6H10O3/c1-3-4(2)9-6(8)5(3)7/h4,6-8H,1-2H3. The summed E-state index contributed by atoms with van der Waals surface area (Å²) in [7, 11) is 0. The Morgan fingerprint density at radius 3 is 2.22 bits per heavy atom. The third kappa shape index (κ3) is 0.930. The molecule has 9 heavy (non-hydrogen) atoms. The van der Waals surface area contributed by atoms with Crippen LogP contribution < -0.4 is 0 Å². The third-order valence-electron chi connectivity index (χ3n) is 1.58. The molecule has 0 bridgehead atoms. The minimum atomic E-state index is -1.10. The van der Waals surface area contributed by atoms with Crippen molar-refractivity contribution in [2.45, 2.75) is 26.2 Å². The van der Waals surface area contributed by atoms with Crippen LogP contribution in [0.1, 0.15) is 13.8 Å². The largest absolute Gasteiger partial charge is 0.507 e. The molecular weight excluding hydrogens is 120 g/mol. The van der Waals surface area contributed by atoms with E-state index in [-0.39, 0.29) is 11.9 Å². The van der Waals surface area contributed by atoms with E-state index in [1.807, 2.05) is 0 Å². The Morgan fingerprint density at radius 2 is 2.11 bits per heavy atom. The lowest BCUT2D eigenvalue weighted by molar-refractivity contribution is -0.0907. The number of hydrogen-bond donors (Lipinski definition) is 2. The second-order valence-corrected chi connectivity index (χ2v) is 2.20. The monoisotopic (exact) mass is 130 g/mol. The fourth-order valence-corrected chi connectivity index (χ4v) is 0.763. The molecule has 3 heteroatoms. The lowest BCUT2D eigenvalue weighted by Gasteiger charge is -2.03. The highest BCUT2D eigenvalue weighted by Crippen LogP contribution is 2.22. The molecule has 0 saturated carbocycles. The van der Waals surface area contributed by atoms with Gasteiger partial charge in [0.05, 0.1) is 6.10 Å². The molecule has 0 spiro atoms. The maximum atomic E-state index is 8.94. The molecule has 52 valence electrons. The summed E-state index contributed by atoms with van der Waals surface area (Å²) >= 11 is 0. The molecule has 0 saturated heterocycles. The SMILES string of the molecule is CC1=C(O)C(O)OC1C. The maximum Gasteiger partial charge on any atom is 0.214 e. The minimum absolute atomic E-state index is 0.0394. The molecule has 0 radical (unpaired) electrons. The molecule has 1 aliphatic rings. The predicted molar refractivity (Wildman–Crippen MR) is 31.9 cm³/mol. The molecular formula is C6H10O3. The van der Waals surface area contributed by atoms with Crippen LogP contribution in [0.4, 0.5) is 0 Å². The third-order valence-corrected chi connectivity index (χ3v) is 1.58. The Morgan fingerprint density at radius 1 is 1.56 bits per heavy atom. The van der Waals surface area contributed by atoms with Crippen molar-refractivity contribution in [1.82, 2.24) is 0 Å². The molecule has 0 aromatic heterocycles. The van der Waals surface area contributed by atoms with Crippen LogP contribution in [-0.4, -0.2) is 22.6 Å². The van der Waals surface area contributed by atoms with Gasteiger partial charge in [-0.2, -0.15) is 0 Å². The summed E-state index contributed by atoms with van der Waals surface area (Å²) in [4.78, 5) is 0. The van der Waals surface area contributed by atoms with Gasteiger partial charge in [-0.05, 0) is 19.4 Å². The molecule has 1 rings (SSSR count). The van der Waals surface area contributed by atoms with E-state index in [9.17, 15) is 0 Å². The molecule has 1 aliphatic heterocycles. The van der Waals surface area contributed by atoms with Gasteiger partial charge in [0, 0.05) is 0 Å². The average molecular weight is 130 g/mol. The molecule has 3 nitrogen and oxygen atoms in total. The number of aliphatic hydroxyl groups excluding tert-OH is 2. The molecule has 2 unspecified atom stereocenters. The summed E-state index contributed by atoms with van der Waals surface area (Å²) in [5.41, 5.74) is 0.711. The van der Waals surface area contributed by atoms with E-state index in [2.05, 4.69) is 0 Å². The van der Waals surface area contributed by atoms with Crippen LogP contribution >= 0.6 is 0 Å². The molecule has 0 fully saturated rings. The Hall–Kier alpha value is -0.540. The first-order valence-electron chi connectivity index (χ1n) is 2.86. The number of ether oxygens (including phenoxy) is 1. The highest BCUT2D eigenvalue weighted by Gasteiger charge is 2.26. The van der Waals surface area contributed by atoms with Crippen LogP contribution in [0.2, 0.25) is 0 Å². The lowest BCUT2D eigenvalue weighted by atomic mass is 10.2. The fourth-order valence-electron chi connectivity index (χ4n) is 0.763. The first-order valence-corrected chi connectivity index (χ1v) is 2.86. The Kier molecular flexibility index (Phi) is 1.47. The summed E-state index contributed by atoms with van der Waals surface area (Å²) < 4.78 is 4.82. The van der Waals surface area contributed by atoms with Crippen LogP contribution in [0.25, 0.3) is 0 Å². The van der Waals surface area contributed by atoms with Crippen LogP contribution in [0.5, 0.6) is 0 Å². The van der Waals surface area contributed by atoms with E-state index in [4.69, 9.17) is 14.9 Å². The van der Waals surface area contributed by atoms with E-state index in [0.717, 1.165) is 0 Å². The van der Waals surface area contributed by atoms with Crippen LogP contribution in [0.15, 0.2) is 11.3 Å². The van der Waals surface area contributed by atoms with Crippen molar-refractivity contribution in [2.75, 3.05) is 0 Å². The second-order valence-electron chi connectivity index (χ2n) is 2.20. The molecule has 0 aromatic carbocycles. The zero-order valence-electron chi connectivity index (χ0n) is 5.46. The fraction of sp³-hybridized carbons (Fsp3) is 0.667. The van der Waals surface area contributed by atoms with Crippen molar-refractivity contribution in [2.24, 2.45) is 0 Å². The van der Waals surface area contributed by atoms with Crippen molar-refractivity contribution in [1.29, 1.82) is 0 Å². The van der Waals surface area contributed by atoms with Crippen LogP contribution in [0, 0.1) is 0 Å². The van der Waals surface area contributed by atoms with E-state index < -0.39 is 6.29 Å². The highest BCUT2D eigenvalue weighted by atomic mass is 16.6. The zero-order valence-corrected chi connectivity index (χ0v) is 5.46. The number of rotatable bonds is 0. The molecule has 0 aromatic rings. The first-order chi connectivity index (χ1) is 4.13. The normalized spacial score (nSPS) is 35.9. The zero-order chi connectivity index (χ0) is 7.02. The van der Waals surface area contributed by atoms with Gasteiger partial charge in [0.15, 0.2) is 0 Å². The maximum absolute atomic E-state index is 8.94. The van der Waals surface area contributed by atoms with Crippen molar-refractivity contribution in [3.63, 3.8) is 0 Å². The van der Waals surface area contributed by atoms with E-state index in [1.54, 1.807) is 13.8 Å². The van der Waals surface area contributed by atoms with Gasteiger partial charge < -0.3 is 14.9 Å². The first kappa shape index (κ1) is 6.58. The summed E-state index contributed by atoms with van der Waals surface area (Å²) in [6.45, 7) is 3.51. The molecule has 1 heterocycles. The topological polar surface area (TPSA) is 49.7 Å². The van der Waals surface area contributed by atoms with Crippen molar-refractivity contribution in [3.05, 3.63) is 11.3 Å². The summed E-state index contributed by atoms with van der Waals surface area (Å²) in [6.07, 6.45) is -1.25. The highest BCUT2D eigenvalue weighted by molar-refractivity contribution is 5.15. The minimum Gasteiger partial charge on any atom is -0.507 e. The summed E-state index contributed by atoms with van der Waals surface area (Å²) in [5, 5.41) is 17.7. The van der Waals surface area contributed by atoms with Crippen molar-refractivity contribution in [3.8, 4) is 0 Å². The smallest absolute Gasteiger partial charge is 0.214 e. The predicted octanol–water partition coefficient (Wildman–Crippen LogP) is 0.555. The Balaban J connectivity index is 2.79. The van der Waals surface area contributed by atoms with Gasteiger partial charge >= 0.3 is 0 Å². The lowest BCUT2D eigenvalue weighted by Crippen LogP contribution is -2.10. The van der Waals surface area contributed by atoms with E-state index >= 15 is 0 Å². The molecule has 0 amide bonds. The van der Waals surface area contributed by atoms with Crippen LogP contribution in [0.3, 0.4) is 0 Å². The van der Waals surface area contributed by atoms with Gasteiger partial charge in [0.25, 0.3) is 0 Å². The molecule has 2 N–H and O–H groups in total. The van der Waals surface area contributed by atoms with Crippen molar-refractivity contribution < 1.29 is 14.9 Å². The summed E-state index contributed by atoms with van der Waals surface area (Å²) in [5.74, 6) is -0.0394. The van der Waals surface area contributed by atoms with E-state index in [1.165, 1.54) is 0 Å².